The zero-order chi connectivity index (χ0) is 19.0. The molecule has 0 spiro atoms. The van der Waals surface area contributed by atoms with Gasteiger partial charge in [-0.05, 0) is 52.2 Å². The number of pyridine rings is 1. The van der Waals surface area contributed by atoms with Crippen LogP contribution in [0.5, 0.6) is 0 Å². The molecule has 1 fully saturated rings. The molecule has 1 aromatic heterocycles. The van der Waals surface area contributed by atoms with Crippen LogP contribution >= 0.6 is 0 Å². The summed E-state index contributed by atoms with van der Waals surface area (Å²) >= 11 is 0. The molecule has 7 nitrogen and oxygen atoms in total. The molecule has 0 saturated carbocycles. The highest BCUT2D eigenvalue weighted by Gasteiger charge is 2.21. The first-order valence-corrected chi connectivity index (χ1v) is 9.26. The number of carbonyl (C=O) groups excluding carboxylic acids is 2. The topological polar surface area (TPSA) is 83.6 Å². The zero-order valence-corrected chi connectivity index (χ0v) is 16.0. The minimum absolute atomic E-state index is 0.0345. The van der Waals surface area contributed by atoms with Gasteiger partial charge in [-0.1, -0.05) is 6.07 Å². The summed E-state index contributed by atoms with van der Waals surface area (Å²) in [5.74, 6) is 1.03. The number of amides is 2. The molecule has 144 valence electrons. The van der Waals surface area contributed by atoms with Crippen molar-refractivity contribution in [2.75, 3.05) is 24.5 Å². The van der Waals surface area contributed by atoms with E-state index in [9.17, 15) is 9.59 Å². The Morgan fingerprint density at radius 2 is 2.00 bits per heavy atom. The van der Waals surface area contributed by atoms with Gasteiger partial charge in [0.25, 0.3) is 0 Å². The second-order valence-electron chi connectivity index (χ2n) is 7.55. The Kier molecular flexibility index (Phi) is 7.24. The maximum Gasteiger partial charge on any atom is 0.407 e. The van der Waals surface area contributed by atoms with Crippen molar-refractivity contribution in [3.63, 3.8) is 0 Å². The lowest BCUT2D eigenvalue weighted by atomic mass is 10.0. The summed E-state index contributed by atoms with van der Waals surface area (Å²) in [4.78, 5) is 30.2. The highest BCUT2D eigenvalue weighted by Crippen LogP contribution is 2.17. The van der Waals surface area contributed by atoms with Crippen LogP contribution in [0.25, 0.3) is 0 Å². The molecule has 2 N–H and O–H groups in total. The number of anilines is 1. The number of hydrogen-bond acceptors (Lipinski definition) is 5. The first-order valence-electron chi connectivity index (χ1n) is 9.26. The van der Waals surface area contributed by atoms with Crippen LogP contribution in [0, 0.1) is 0 Å². The van der Waals surface area contributed by atoms with Gasteiger partial charge in [0, 0.05) is 38.3 Å². The summed E-state index contributed by atoms with van der Waals surface area (Å²) in [6.45, 7) is 7.67. The first kappa shape index (κ1) is 20.0. The second kappa shape index (κ2) is 9.40. The summed E-state index contributed by atoms with van der Waals surface area (Å²) in [5, 5.41) is 5.75. The lowest BCUT2D eigenvalue weighted by Gasteiger charge is -2.33. The average molecular weight is 362 g/mol. The van der Waals surface area contributed by atoms with Gasteiger partial charge in [-0.2, -0.15) is 0 Å². The van der Waals surface area contributed by atoms with Gasteiger partial charge in [0.2, 0.25) is 5.91 Å². The Morgan fingerprint density at radius 3 is 2.62 bits per heavy atom. The van der Waals surface area contributed by atoms with Crippen molar-refractivity contribution in [3.8, 4) is 0 Å². The van der Waals surface area contributed by atoms with Crippen LogP contribution in [0.15, 0.2) is 24.4 Å². The third kappa shape index (κ3) is 7.29. The van der Waals surface area contributed by atoms with Gasteiger partial charge in [0.1, 0.15) is 11.4 Å². The predicted molar refractivity (Wildman–Crippen MR) is 101 cm³/mol. The SMILES string of the molecule is CC(C)(C)OC(=O)NCCCC(=O)NC1CCN(c2ccccn2)CC1. The van der Waals surface area contributed by atoms with E-state index in [0.717, 1.165) is 31.7 Å². The third-order valence-corrected chi connectivity index (χ3v) is 4.08. The predicted octanol–water partition coefficient (Wildman–Crippen LogP) is 2.47. The summed E-state index contributed by atoms with van der Waals surface area (Å²) in [7, 11) is 0. The molecule has 7 heteroatoms. The fourth-order valence-corrected chi connectivity index (χ4v) is 2.85. The quantitative estimate of drug-likeness (QED) is 0.760. The van der Waals surface area contributed by atoms with Crippen LogP contribution in [0.4, 0.5) is 10.6 Å². The number of ether oxygens (including phenoxy) is 1. The van der Waals surface area contributed by atoms with Crippen LogP contribution in [0.1, 0.15) is 46.5 Å². The van der Waals surface area contributed by atoms with Crippen LogP contribution in [-0.2, 0) is 9.53 Å². The van der Waals surface area contributed by atoms with Crippen molar-refractivity contribution in [3.05, 3.63) is 24.4 Å². The van der Waals surface area contributed by atoms with E-state index in [2.05, 4.69) is 20.5 Å². The van der Waals surface area contributed by atoms with Crippen LogP contribution in [-0.4, -0.2) is 48.3 Å². The van der Waals surface area contributed by atoms with Crippen molar-refractivity contribution >= 4 is 17.8 Å². The van der Waals surface area contributed by atoms with E-state index in [1.807, 2.05) is 39.0 Å². The minimum Gasteiger partial charge on any atom is -0.444 e. The third-order valence-electron chi connectivity index (χ3n) is 4.08. The van der Waals surface area contributed by atoms with Crippen molar-refractivity contribution < 1.29 is 14.3 Å². The number of carbonyl (C=O) groups is 2. The second-order valence-corrected chi connectivity index (χ2v) is 7.55. The summed E-state index contributed by atoms with van der Waals surface area (Å²) in [6, 6.07) is 6.12. The van der Waals surface area contributed by atoms with Gasteiger partial charge in [-0.25, -0.2) is 9.78 Å². The standard InChI is InChI=1S/C19H30N4O3/c1-19(2,3)26-18(25)21-12-6-8-17(24)22-15-9-13-23(14-10-15)16-7-4-5-11-20-16/h4-5,7,11,15H,6,8-10,12-14H2,1-3H3,(H,21,25)(H,22,24). The molecule has 1 aliphatic heterocycles. The maximum absolute atomic E-state index is 12.1. The van der Waals surface area contributed by atoms with Crippen molar-refractivity contribution in [2.45, 2.75) is 58.1 Å². The molecular weight excluding hydrogens is 332 g/mol. The number of hydrogen-bond donors (Lipinski definition) is 2. The molecular formula is C19H30N4O3. The molecule has 1 saturated heterocycles. The number of nitrogens with one attached hydrogen (secondary N) is 2. The lowest BCUT2D eigenvalue weighted by Crippen LogP contribution is -2.45. The molecule has 0 bridgehead atoms. The summed E-state index contributed by atoms with van der Waals surface area (Å²) < 4.78 is 5.15. The highest BCUT2D eigenvalue weighted by molar-refractivity contribution is 5.76. The summed E-state index contributed by atoms with van der Waals surface area (Å²) in [6.07, 6.45) is 4.18. The fraction of sp³-hybridized carbons (Fsp3) is 0.632. The lowest BCUT2D eigenvalue weighted by molar-refractivity contribution is -0.122. The zero-order valence-electron chi connectivity index (χ0n) is 16.0. The average Bonchev–Trinajstić information content (AvgIpc) is 2.59. The molecule has 0 aromatic carbocycles. The molecule has 26 heavy (non-hydrogen) atoms. The molecule has 1 aliphatic rings. The van der Waals surface area contributed by atoms with E-state index in [1.54, 1.807) is 6.20 Å². The Morgan fingerprint density at radius 1 is 1.27 bits per heavy atom. The Labute approximate surface area is 155 Å². The molecule has 0 atom stereocenters. The highest BCUT2D eigenvalue weighted by atomic mass is 16.6. The number of piperidine rings is 1. The van der Waals surface area contributed by atoms with Gasteiger partial charge < -0.3 is 20.3 Å². The molecule has 2 amide bonds. The molecule has 0 unspecified atom stereocenters. The monoisotopic (exact) mass is 362 g/mol. The van der Waals surface area contributed by atoms with E-state index in [-0.39, 0.29) is 11.9 Å². The molecule has 0 aliphatic carbocycles. The van der Waals surface area contributed by atoms with Crippen LogP contribution in [0.3, 0.4) is 0 Å². The summed E-state index contributed by atoms with van der Waals surface area (Å²) in [5.41, 5.74) is -0.508. The van der Waals surface area contributed by atoms with Gasteiger partial charge in [-0.15, -0.1) is 0 Å². The van der Waals surface area contributed by atoms with Crippen molar-refractivity contribution in [1.29, 1.82) is 0 Å². The Bertz CT molecular complexity index is 578. The smallest absolute Gasteiger partial charge is 0.407 e. The van der Waals surface area contributed by atoms with E-state index in [4.69, 9.17) is 4.74 Å². The van der Waals surface area contributed by atoms with E-state index in [1.165, 1.54) is 0 Å². The Hall–Kier alpha value is -2.31. The number of aromatic nitrogens is 1. The largest absolute Gasteiger partial charge is 0.444 e. The van der Waals surface area contributed by atoms with Crippen LogP contribution in [0.2, 0.25) is 0 Å². The molecule has 2 rings (SSSR count). The van der Waals surface area contributed by atoms with Gasteiger partial charge in [0.05, 0.1) is 0 Å². The molecule has 2 heterocycles. The normalized spacial score (nSPS) is 15.4. The van der Waals surface area contributed by atoms with Gasteiger partial charge in [0.15, 0.2) is 0 Å². The van der Waals surface area contributed by atoms with E-state index >= 15 is 0 Å². The van der Waals surface area contributed by atoms with Gasteiger partial charge in [-0.3, -0.25) is 4.79 Å². The first-order chi connectivity index (χ1) is 12.3. The number of alkyl carbamates (subject to hydrolysis) is 1. The van der Waals surface area contributed by atoms with Crippen LogP contribution < -0.4 is 15.5 Å². The van der Waals surface area contributed by atoms with Gasteiger partial charge >= 0.3 is 6.09 Å². The molecule has 1 aromatic rings. The van der Waals surface area contributed by atoms with Crippen molar-refractivity contribution in [2.24, 2.45) is 0 Å². The maximum atomic E-state index is 12.1. The number of rotatable bonds is 6. The van der Waals surface area contributed by atoms with Crippen molar-refractivity contribution in [1.82, 2.24) is 15.6 Å². The van der Waals surface area contributed by atoms with E-state index in [0.29, 0.717) is 19.4 Å². The minimum atomic E-state index is -0.508. The Balaban J connectivity index is 1.58. The molecule has 0 radical (unpaired) electrons. The fourth-order valence-electron chi connectivity index (χ4n) is 2.85. The van der Waals surface area contributed by atoms with E-state index < -0.39 is 11.7 Å². The number of nitrogens with zero attached hydrogens (tertiary/aromatic N) is 2.